The Labute approximate surface area is 492 Å². The van der Waals surface area contributed by atoms with Gasteiger partial charge in [-0.25, -0.2) is 0 Å². The molecule has 15 aromatic rings. The first-order valence-electron chi connectivity index (χ1n) is 29.8. The summed E-state index contributed by atoms with van der Waals surface area (Å²) in [5.41, 5.74) is 30.2. The molecule has 85 heavy (non-hydrogen) atoms. The lowest BCUT2D eigenvalue weighted by atomic mass is 9.79. The van der Waals surface area contributed by atoms with E-state index < -0.39 is 5.41 Å². The molecule has 0 radical (unpaired) electrons. The second-order valence-electron chi connectivity index (χ2n) is 25.5. The molecule has 0 saturated carbocycles. The van der Waals surface area contributed by atoms with Crippen LogP contribution in [0.15, 0.2) is 250 Å². The summed E-state index contributed by atoms with van der Waals surface area (Å²) in [7, 11) is 0. The Balaban J connectivity index is 0.854. The number of benzene rings is 12. The summed E-state index contributed by atoms with van der Waals surface area (Å²) in [6.07, 6.45) is 0. The van der Waals surface area contributed by atoms with Gasteiger partial charge >= 0.3 is 0 Å². The highest BCUT2D eigenvalue weighted by Crippen LogP contribution is 2.61. The van der Waals surface area contributed by atoms with Crippen LogP contribution in [0.4, 0.5) is 17.1 Å². The molecule has 3 aliphatic rings. The minimum Gasteiger partial charge on any atom is -0.456 e. The molecule has 0 unspecified atom stereocenters. The van der Waals surface area contributed by atoms with Crippen LogP contribution >= 0.6 is 0 Å². The minimum atomic E-state index is -0.413. The molecule has 0 spiro atoms. The van der Waals surface area contributed by atoms with E-state index in [0.29, 0.717) is 0 Å². The van der Waals surface area contributed by atoms with Crippen molar-refractivity contribution in [2.45, 2.75) is 57.8 Å². The van der Waals surface area contributed by atoms with Gasteiger partial charge in [0, 0.05) is 76.6 Å². The molecule has 0 aliphatic heterocycles. The summed E-state index contributed by atoms with van der Waals surface area (Å²) in [5.74, 6) is 0. The Morgan fingerprint density at radius 2 is 0.753 bits per heavy atom. The standard InChI is InChI=1S/C81H57NO3/c1-79(2)62-37-39-72-75(56-25-14-17-30-69(56)84-72)74(62)61-45-65-59(44-66(61)79)53-35-33-49(41-63(53)80(65,3)4)82(77-51(46-20-9-7-10-21-46)27-19-28-52(77)47-22-11-8-12-23-47)50-34-36-55-64(42-50)81(5,6)67-43-58(78-76(73(55)67)57-26-15-18-31-70(57)85-78)48-32-38-71-60(40-48)54-24-13-16-29-68(54)83-71/h7-45H,1-6H3. The van der Waals surface area contributed by atoms with E-state index in [0.717, 1.165) is 105 Å². The second-order valence-corrected chi connectivity index (χ2v) is 25.5. The predicted octanol–water partition coefficient (Wildman–Crippen LogP) is 22.8. The first kappa shape index (κ1) is 48.4. The van der Waals surface area contributed by atoms with Crippen molar-refractivity contribution in [1.82, 2.24) is 0 Å². The van der Waals surface area contributed by atoms with Crippen LogP contribution in [0.3, 0.4) is 0 Å². The van der Waals surface area contributed by atoms with E-state index in [2.05, 4.69) is 271 Å². The van der Waals surface area contributed by atoms with Crippen molar-refractivity contribution < 1.29 is 13.3 Å². The number of para-hydroxylation sites is 4. The third-order valence-electron chi connectivity index (χ3n) is 19.9. The smallest absolute Gasteiger partial charge is 0.143 e. The van der Waals surface area contributed by atoms with Gasteiger partial charge in [0.2, 0.25) is 0 Å². The molecule has 3 aromatic heterocycles. The Hall–Kier alpha value is -10.2. The number of hydrogen-bond acceptors (Lipinski definition) is 4. The maximum Gasteiger partial charge on any atom is 0.143 e. The van der Waals surface area contributed by atoms with Crippen LogP contribution in [0.5, 0.6) is 0 Å². The molecular formula is C81H57NO3. The van der Waals surface area contributed by atoms with Crippen LogP contribution in [0.2, 0.25) is 0 Å². The number of hydrogen-bond donors (Lipinski definition) is 0. The number of rotatable bonds is 6. The molecular weight excluding hydrogens is 1030 g/mol. The van der Waals surface area contributed by atoms with Crippen molar-refractivity contribution in [3.8, 4) is 66.8 Å². The fraction of sp³-hybridized carbons (Fsp3) is 0.111. The first-order valence-corrected chi connectivity index (χ1v) is 29.8. The Kier molecular flexibility index (Phi) is 9.67. The third-order valence-corrected chi connectivity index (χ3v) is 19.9. The maximum atomic E-state index is 7.03. The summed E-state index contributed by atoms with van der Waals surface area (Å²) in [4.78, 5) is 2.57. The number of anilines is 3. The summed E-state index contributed by atoms with van der Waals surface area (Å²) < 4.78 is 19.9. The molecule has 3 heterocycles. The highest BCUT2D eigenvalue weighted by atomic mass is 16.3. The highest BCUT2D eigenvalue weighted by Gasteiger charge is 2.44. The van der Waals surface area contributed by atoms with Gasteiger partial charge in [0.25, 0.3) is 0 Å². The van der Waals surface area contributed by atoms with Crippen LogP contribution < -0.4 is 4.90 Å². The van der Waals surface area contributed by atoms with Gasteiger partial charge in [-0.1, -0.05) is 199 Å². The monoisotopic (exact) mass is 1090 g/mol. The molecule has 4 heteroatoms. The number of nitrogens with zero attached hydrogens (tertiary/aromatic N) is 1. The zero-order valence-corrected chi connectivity index (χ0v) is 48.2. The molecule has 0 bridgehead atoms. The van der Waals surface area contributed by atoms with Crippen molar-refractivity contribution >= 4 is 82.9 Å². The molecule has 12 aromatic carbocycles. The van der Waals surface area contributed by atoms with E-state index >= 15 is 0 Å². The maximum absolute atomic E-state index is 7.03. The molecule has 404 valence electrons. The third kappa shape index (κ3) is 6.57. The summed E-state index contributed by atoms with van der Waals surface area (Å²) in [6.45, 7) is 14.5. The largest absolute Gasteiger partial charge is 0.456 e. The molecule has 0 atom stereocenters. The fourth-order valence-electron chi connectivity index (χ4n) is 15.6. The molecule has 0 amide bonds. The van der Waals surface area contributed by atoms with Gasteiger partial charge in [0.05, 0.1) is 5.69 Å². The number of fused-ring (bicyclic) bond motifs is 20. The normalized spacial score (nSPS) is 14.8. The van der Waals surface area contributed by atoms with Crippen molar-refractivity contribution in [2.75, 3.05) is 4.90 Å². The van der Waals surface area contributed by atoms with E-state index in [-0.39, 0.29) is 10.8 Å². The zero-order chi connectivity index (χ0) is 56.8. The van der Waals surface area contributed by atoms with Crippen molar-refractivity contribution in [3.63, 3.8) is 0 Å². The molecule has 18 rings (SSSR count). The summed E-state index contributed by atoms with van der Waals surface area (Å²) in [6, 6.07) is 87.3. The SMILES string of the molecule is CC1(C)c2cc(N(c3ccc4c(c3)C(C)(C)c3cc(-c5ccc6oc7ccccc7c6c5)c5oc6ccccc6c5c3-4)c3c(-c4ccccc4)cccc3-c3ccccc3)ccc2-c2cc3c(cc21)-c1c(ccc2oc4ccccc4c12)C3(C)C. The Morgan fingerprint density at radius 3 is 1.45 bits per heavy atom. The van der Waals surface area contributed by atoms with E-state index in [4.69, 9.17) is 13.3 Å². The molecule has 0 N–H and O–H groups in total. The second kappa shape index (κ2) is 17.0. The van der Waals surface area contributed by atoms with Crippen LogP contribution in [-0.2, 0) is 16.2 Å². The topological polar surface area (TPSA) is 42.7 Å². The van der Waals surface area contributed by atoms with Gasteiger partial charge in [-0.15, -0.1) is 0 Å². The fourth-order valence-corrected chi connectivity index (χ4v) is 15.6. The van der Waals surface area contributed by atoms with Gasteiger partial charge in [-0.2, -0.15) is 0 Å². The van der Waals surface area contributed by atoms with Gasteiger partial charge < -0.3 is 18.2 Å². The van der Waals surface area contributed by atoms with Crippen LogP contribution in [0.25, 0.3) is 133 Å². The zero-order valence-electron chi connectivity index (χ0n) is 48.2. The van der Waals surface area contributed by atoms with Crippen LogP contribution in [0.1, 0.15) is 74.9 Å². The average Bonchev–Trinajstić information content (AvgIpc) is 1.60. The predicted molar refractivity (Wildman–Crippen MR) is 352 cm³/mol. The quantitative estimate of drug-likeness (QED) is 0.166. The highest BCUT2D eigenvalue weighted by molar-refractivity contribution is 6.20. The van der Waals surface area contributed by atoms with E-state index in [1.165, 1.54) is 77.5 Å². The lowest BCUT2D eigenvalue weighted by Gasteiger charge is -2.33. The van der Waals surface area contributed by atoms with Crippen LogP contribution in [0, 0.1) is 0 Å². The first-order chi connectivity index (χ1) is 41.4. The molecule has 4 nitrogen and oxygen atoms in total. The van der Waals surface area contributed by atoms with Gasteiger partial charge in [0.15, 0.2) is 0 Å². The minimum absolute atomic E-state index is 0.214. The number of furan rings is 3. The summed E-state index contributed by atoms with van der Waals surface area (Å²) in [5, 5.41) is 6.85. The lowest BCUT2D eigenvalue weighted by Crippen LogP contribution is -2.19. The van der Waals surface area contributed by atoms with Gasteiger partial charge in [0.1, 0.15) is 33.5 Å². The average molecular weight is 1090 g/mol. The lowest BCUT2D eigenvalue weighted by molar-refractivity contribution is 0.651. The van der Waals surface area contributed by atoms with Crippen molar-refractivity contribution in [2.24, 2.45) is 0 Å². The van der Waals surface area contributed by atoms with Crippen LogP contribution in [-0.4, -0.2) is 0 Å². The van der Waals surface area contributed by atoms with E-state index in [1.807, 2.05) is 12.1 Å². The van der Waals surface area contributed by atoms with Gasteiger partial charge in [-0.3, -0.25) is 0 Å². The van der Waals surface area contributed by atoms with Crippen molar-refractivity contribution in [3.05, 3.63) is 270 Å². The molecule has 0 fully saturated rings. The summed E-state index contributed by atoms with van der Waals surface area (Å²) >= 11 is 0. The van der Waals surface area contributed by atoms with E-state index in [9.17, 15) is 0 Å². The van der Waals surface area contributed by atoms with E-state index in [1.54, 1.807) is 0 Å². The molecule has 3 aliphatic carbocycles. The van der Waals surface area contributed by atoms with Crippen molar-refractivity contribution in [1.29, 1.82) is 0 Å². The molecule has 0 saturated heterocycles. The van der Waals surface area contributed by atoms with Gasteiger partial charge in [-0.05, 0) is 162 Å². The Morgan fingerprint density at radius 1 is 0.271 bits per heavy atom. The Bertz CT molecular complexity index is 5340.